The predicted octanol–water partition coefficient (Wildman–Crippen LogP) is 1.87. The molecule has 1 aromatic rings. The number of methoxy groups -OCH3 is 1. The second-order valence-corrected chi connectivity index (χ2v) is 4.06. The molecule has 0 radical (unpaired) electrons. The van der Waals surface area contributed by atoms with Crippen molar-refractivity contribution in [2.45, 2.75) is 26.8 Å². The Labute approximate surface area is 108 Å². The van der Waals surface area contributed by atoms with Gasteiger partial charge in [0.25, 0.3) is 0 Å². The van der Waals surface area contributed by atoms with Gasteiger partial charge in [0.05, 0.1) is 13.7 Å². The highest BCUT2D eigenvalue weighted by Crippen LogP contribution is 2.17. The predicted molar refractivity (Wildman–Crippen MR) is 69.9 cm³/mol. The zero-order chi connectivity index (χ0) is 13.5. The summed E-state index contributed by atoms with van der Waals surface area (Å²) in [6.07, 6.45) is 0. The molecule has 0 aliphatic carbocycles. The number of ether oxygens (including phenoxy) is 2. The van der Waals surface area contributed by atoms with Gasteiger partial charge >= 0.3 is 5.97 Å². The monoisotopic (exact) mass is 252 g/mol. The highest BCUT2D eigenvalue weighted by atomic mass is 16.5. The lowest BCUT2D eigenvalue weighted by molar-refractivity contribution is -0.141. The molecule has 0 saturated carbocycles. The molecule has 1 heterocycles. The molecule has 0 amide bonds. The first kappa shape index (κ1) is 14.3. The van der Waals surface area contributed by atoms with Crippen LogP contribution in [0.25, 0.3) is 0 Å². The molecule has 0 fully saturated rings. The van der Waals surface area contributed by atoms with E-state index in [1.54, 1.807) is 20.1 Å². The number of carbonyl (C=O) groups is 1. The first-order valence-electron chi connectivity index (χ1n) is 6.01. The third kappa shape index (κ3) is 3.91. The third-order valence-electron chi connectivity index (χ3n) is 2.44. The number of carbonyl (C=O) groups excluding carboxylic acids is 1. The molecule has 18 heavy (non-hydrogen) atoms. The molecule has 0 N–H and O–H groups in total. The van der Waals surface area contributed by atoms with Gasteiger partial charge in [0.2, 0.25) is 5.88 Å². The minimum atomic E-state index is -0.254. The fourth-order valence-corrected chi connectivity index (χ4v) is 1.55. The van der Waals surface area contributed by atoms with E-state index in [2.05, 4.69) is 4.98 Å². The number of esters is 1. The van der Waals surface area contributed by atoms with Crippen LogP contribution in [0.3, 0.4) is 0 Å². The normalized spacial score (nSPS) is 10.3. The van der Waals surface area contributed by atoms with Crippen LogP contribution >= 0.6 is 0 Å². The summed E-state index contributed by atoms with van der Waals surface area (Å²) >= 11 is 0. The highest BCUT2D eigenvalue weighted by Gasteiger charge is 2.17. The number of pyridine rings is 1. The van der Waals surface area contributed by atoms with E-state index in [1.165, 1.54) is 0 Å². The van der Waals surface area contributed by atoms with E-state index >= 15 is 0 Å². The van der Waals surface area contributed by atoms with Gasteiger partial charge in [0, 0.05) is 12.1 Å². The van der Waals surface area contributed by atoms with Crippen LogP contribution in [-0.2, 0) is 9.53 Å². The summed E-state index contributed by atoms with van der Waals surface area (Å²) in [7, 11) is 1.57. The van der Waals surface area contributed by atoms with E-state index in [0.717, 1.165) is 0 Å². The maximum absolute atomic E-state index is 11.6. The smallest absolute Gasteiger partial charge is 0.325 e. The van der Waals surface area contributed by atoms with Crippen LogP contribution in [0, 0.1) is 0 Å². The molecule has 0 spiro atoms. The second kappa shape index (κ2) is 6.83. The minimum Gasteiger partial charge on any atom is -0.481 e. The van der Waals surface area contributed by atoms with Crippen LogP contribution in [0.15, 0.2) is 18.2 Å². The summed E-state index contributed by atoms with van der Waals surface area (Å²) < 4.78 is 10.0. The van der Waals surface area contributed by atoms with Crippen LogP contribution in [0.4, 0.5) is 5.82 Å². The Morgan fingerprint density at radius 3 is 2.72 bits per heavy atom. The molecule has 5 nitrogen and oxygen atoms in total. The maximum Gasteiger partial charge on any atom is 0.325 e. The van der Waals surface area contributed by atoms with Crippen molar-refractivity contribution < 1.29 is 14.3 Å². The van der Waals surface area contributed by atoms with Gasteiger partial charge in [-0.1, -0.05) is 6.07 Å². The van der Waals surface area contributed by atoms with Crippen molar-refractivity contribution in [1.29, 1.82) is 0 Å². The molecular formula is C13H20N2O3. The van der Waals surface area contributed by atoms with Crippen molar-refractivity contribution >= 4 is 11.8 Å². The quantitative estimate of drug-likeness (QED) is 0.723. The Balaban J connectivity index is 2.86. The zero-order valence-electron chi connectivity index (χ0n) is 11.3. The van der Waals surface area contributed by atoms with Gasteiger partial charge in [-0.3, -0.25) is 4.79 Å². The van der Waals surface area contributed by atoms with Crippen LogP contribution in [0.5, 0.6) is 5.88 Å². The fraction of sp³-hybridized carbons (Fsp3) is 0.538. The van der Waals surface area contributed by atoms with Crippen molar-refractivity contribution in [3.05, 3.63) is 18.2 Å². The van der Waals surface area contributed by atoms with Gasteiger partial charge in [0.1, 0.15) is 12.4 Å². The Morgan fingerprint density at radius 2 is 2.17 bits per heavy atom. The lowest BCUT2D eigenvalue weighted by atomic mass is 10.3. The first-order valence-corrected chi connectivity index (χ1v) is 6.01. The summed E-state index contributed by atoms with van der Waals surface area (Å²) in [5.41, 5.74) is 0. The molecule has 100 valence electrons. The van der Waals surface area contributed by atoms with Crippen LogP contribution < -0.4 is 9.64 Å². The Bertz CT molecular complexity index is 394. The van der Waals surface area contributed by atoms with Crippen molar-refractivity contribution in [3.8, 4) is 5.88 Å². The number of anilines is 1. The largest absolute Gasteiger partial charge is 0.481 e. The van der Waals surface area contributed by atoms with Gasteiger partial charge in [-0.2, -0.15) is 4.98 Å². The van der Waals surface area contributed by atoms with Crippen molar-refractivity contribution in [2.24, 2.45) is 0 Å². The number of hydrogen-bond donors (Lipinski definition) is 0. The Hall–Kier alpha value is -1.78. The SMILES string of the molecule is CCOC(=O)CN(c1cccc(OC)n1)C(C)C. The average Bonchev–Trinajstić information content (AvgIpc) is 2.36. The topological polar surface area (TPSA) is 51.7 Å². The molecule has 0 aliphatic heterocycles. The fourth-order valence-electron chi connectivity index (χ4n) is 1.55. The minimum absolute atomic E-state index is 0.147. The van der Waals surface area contributed by atoms with Gasteiger partial charge in [0.15, 0.2) is 0 Å². The second-order valence-electron chi connectivity index (χ2n) is 4.06. The number of hydrogen-bond acceptors (Lipinski definition) is 5. The lowest BCUT2D eigenvalue weighted by Gasteiger charge is -2.26. The van der Waals surface area contributed by atoms with Gasteiger partial charge in [-0.15, -0.1) is 0 Å². The van der Waals surface area contributed by atoms with E-state index in [1.807, 2.05) is 30.9 Å². The maximum atomic E-state index is 11.6. The number of aromatic nitrogens is 1. The van der Waals surface area contributed by atoms with E-state index < -0.39 is 0 Å². The molecule has 0 aromatic carbocycles. The molecule has 0 saturated heterocycles. The van der Waals surface area contributed by atoms with Crippen molar-refractivity contribution in [3.63, 3.8) is 0 Å². The van der Waals surface area contributed by atoms with Gasteiger partial charge < -0.3 is 14.4 Å². The van der Waals surface area contributed by atoms with E-state index in [9.17, 15) is 4.79 Å². The Morgan fingerprint density at radius 1 is 1.44 bits per heavy atom. The summed E-state index contributed by atoms with van der Waals surface area (Å²) in [5.74, 6) is 0.982. The average molecular weight is 252 g/mol. The standard InChI is InChI=1S/C13H20N2O3/c1-5-18-13(16)9-15(10(2)3)11-7-6-8-12(14-11)17-4/h6-8,10H,5,9H2,1-4H3. The zero-order valence-corrected chi connectivity index (χ0v) is 11.3. The molecule has 1 aromatic heterocycles. The molecule has 0 atom stereocenters. The molecule has 1 rings (SSSR count). The first-order chi connectivity index (χ1) is 8.58. The number of nitrogens with zero attached hydrogens (tertiary/aromatic N) is 2. The summed E-state index contributed by atoms with van der Waals surface area (Å²) in [6, 6.07) is 5.62. The summed E-state index contributed by atoms with van der Waals surface area (Å²) in [4.78, 5) is 17.8. The molecule has 0 bridgehead atoms. The third-order valence-corrected chi connectivity index (χ3v) is 2.44. The molecule has 5 heteroatoms. The van der Waals surface area contributed by atoms with Gasteiger partial charge in [-0.25, -0.2) is 0 Å². The highest BCUT2D eigenvalue weighted by molar-refractivity contribution is 5.75. The summed E-state index contributed by atoms with van der Waals surface area (Å²) in [6.45, 7) is 6.37. The molecular weight excluding hydrogens is 232 g/mol. The van der Waals surface area contributed by atoms with E-state index in [4.69, 9.17) is 9.47 Å². The van der Waals surface area contributed by atoms with E-state index in [0.29, 0.717) is 18.3 Å². The van der Waals surface area contributed by atoms with Crippen LogP contribution in [0.2, 0.25) is 0 Å². The van der Waals surface area contributed by atoms with Gasteiger partial charge in [-0.05, 0) is 26.8 Å². The molecule has 0 unspecified atom stereocenters. The van der Waals surface area contributed by atoms with Crippen molar-refractivity contribution in [1.82, 2.24) is 4.98 Å². The molecule has 0 aliphatic rings. The lowest BCUT2D eigenvalue weighted by Crippen LogP contribution is -2.37. The number of rotatable bonds is 6. The van der Waals surface area contributed by atoms with Crippen molar-refractivity contribution in [2.75, 3.05) is 25.2 Å². The van der Waals surface area contributed by atoms with E-state index in [-0.39, 0.29) is 18.6 Å². The Kier molecular flexibility index (Phi) is 5.42. The van der Waals surface area contributed by atoms with Crippen LogP contribution in [-0.4, -0.2) is 37.3 Å². The summed E-state index contributed by atoms with van der Waals surface area (Å²) in [5, 5.41) is 0. The van der Waals surface area contributed by atoms with Crippen LogP contribution in [0.1, 0.15) is 20.8 Å².